The van der Waals surface area contributed by atoms with Crippen molar-refractivity contribution in [2.45, 2.75) is 38.2 Å². The Morgan fingerprint density at radius 3 is 2.33 bits per heavy atom. The van der Waals surface area contributed by atoms with Gasteiger partial charge in [0.15, 0.2) is 0 Å². The molecule has 0 spiro atoms. The van der Waals surface area contributed by atoms with Crippen LogP contribution in [0.1, 0.15) is 32.1 Å². The molecule has 0 N–H and O–H groups in total. The molecule has 0 aliphatic heterocycles. The molecule has 0 unspecified atom stereocenters. The van der Waals surface area contributed by atoms with Gasteiger partial charge in [0.2, 0.25) is 0 Å². The van der Waals surface area contributed by atoms with E-state index >= 15 is 0 Å². The smallest absolute Gasteiger partial charge is 0.312 e. The summed E-state index contributed by atoms with van der Waals surface area (Å²) in [5.74, 6) is 0. The predicted octanol–water partition coefficient (Wildman–Crippen LogP) is 2.81. The standard InChI is InChI=1S/C8H17O3P/c1-10-12(2,9)11-8-6-4-3-5-7-8/h8H,3-7H2,1-2H3/t12-/m0/s1. The average molecular weight is 192 g/mol. The second-order valence-corrected chi connectivity index (χ2v) is 5.44. The predicted molar refractivity (Wildman–Crippen MR) is 48.5 cm³/mol. The van der Waals surface area contributed by atoms with E-state index in [1.807, 2.05) is 0 Å². The molecule has 0 aromatic carbocycles. The first kappa shape index (κ1) is 10.2. The zero-order valence-electron chi connectivity index (χ0n) is 7.78. The SMILES string of the molecule is CO[P@](C)(=O)OC1CCCCC1. The molecule has 72 valence electrons. The molecule has 3 nitrogen and oxygen atoms in total. The summed E-state index contributed by atoms with van der Waals surface area (Å²) in [6.07, 6.45) is 5.88. The van der Waals surface area contributed by atoms with Crippen LogP contribution in [-0.4, -0.2) is 19.9 Å². The molecule has 1 saturated carbocycles. The summed E-state index contributed by atoms with van der Waals surface area (Å²) in [5, 5.41) is 0. The number of rotatable bonds is 3. The van der Waals surface area contributed by atoms with E-state index in [4.69, 9.17) is 9.05 Å². The summed E-state index contributed by atoms with van der Waals surface area (Å²) in [6.45, 7) is 1.53. The van der Waals surface area contributed by atoms with Crippen LogP contribution in [0.5, 0.6) is 0 Å². The summed E-state index contributed by atoms with van der Waals surface area (Å²) in [5.41, 5.74) is 0. The van der Waals surface area contributed by atoms with Gasteiger partial charge in [0, 0.05) is 13.8 Å². The quantitative estimate of drug-likeness (QED) is 0.645. The van der Waals surface area contributed by atoms with Crippen LogP contribution in [0.15, 0.2) is 0 Å². The van der Waals surface area contributed by atoms with E-state index in [2.05, 4.69) is 0 Å². The normalized spacial score (nSPS) is 25.2. The van der Waals surface area contributed by atoms with Crippen LogP contribution < -0.4 is 0 Å². The second kappa shape index (κ2) is 4.40. The van der Waals surface area contributed by atoms with Gasteiger partial charge in [0.05, 0.1) is 6.10 Å². The molecular weight excluding hydrogens is 175 g/mol. The Kier molecular flexibility index (Phi) is 3.76. The third kappa shape index (κ3) is 3.26. The van der Waals surface area contributed by atoms with Gasteiger partial charge in [0.1, 0.15) is 0 Å². The molecule has 0 heterocycles. The molecule has 1 fully saturated rings. The molecule has 1 rings (SSSR count). The van der Waals surface area contributed by atoms with Crippen molar-refractivity contribution in [1.82, 2.24) is 0 Å². The van der Waals surface area contributed by atoms with Crippen LogP contribution in [0.25, 0.3) is 0 Å². The lowest BCUT2D eigenvalue weighted by Crippen LogP contribution is -2.15. The lowest BCUT2D eigenvalue weighted by atomic mass is 9.98. The Hall–Kier alpha value is 0.150. The molecule has 0 aromatic heterocycles. The topological polar surface area (TPSA) is 35.5 Å². The Labute approximate surface area is 74.0 Å². The van der Waals surface area contributed by atoms with E-state index in [-0.39, 0.29) is 6.10 Å². The molecule has 0 saturated heterocycles. The van der Waals surface area contributed by atoms with Crippen LogP contribution in [0, 0.1) is 0 Å². The summed E-state index contributed by atoms with van der Waals surface area (Å²) < 4.78 is 21.5. The van der Waals surface area contributed by atoms with E-state index in [1.165, 1.54) is 33.0 Å². The van der Waals surface area contributed by atoms with Crippen molar-refractivity contribution in [3.05, 3.63) is 0 Å². The fourth-order valence-corrected chi connectivity index (χ4v) is 2.32. The molecule has 1 atom stereocenters. The highest BCUT2D eigenvalue weighted by Crippen LogP contribution is 2.46. The van der Waals surface area contributed by atoms with E-state index in [9.17, 15) is 4.57 Å². The Morgan fingerprint density at radius 1 is 1.25 bits per heavy atom. The van der Waals surface area contributed by atoms with Gasteiger partial charge in [-0.05, 0) is 12.8 Å². The fourth-order valence-electron chi connectivity index (χ4n) is 1.48. The van der Waals surface area contributed by atoms with Crippen LogP contribution in [0.4, 0.5) is 0 Å². The molecule has 4 heteroatoms. The largest absolute Gasteiger partial charge is 0.327 e. The van der Waals surface area contributed by atoms with Gasteiger partial charge >= 0.3 is 7.60 Å². The van der Waals surface area contributed by atoms with Crippen molar-refractivity contribution in [3.63, 3.8) is 0 Å². The Morgan fingerprint density at radius 2 is 1.83 bits per heavy atom. The summed E-state index contributed by atoms with van der Waals surface area (Å²) >= 11 is 0. The summed E-state index contributed by atoms with van der Waals surface area (Å²) in [6, 6.07) is 0. The minimum Gasteiger partial charge on any atom is -0.312 e. The van der Waals surface area contributed by atoms with Crippen LogP contribution >= 0.6 is 7.60 Å². The number of hydrogen-bond acceptors (Lipinski definition) is 3. The van der Waals surface area contributed by atoms with E-state index < -0.39 is 7.60 Å². The molecular formula is C8H17O3P. The minimum atomic E-state index is -2.74. The van der Waals surface area contributed by atoms with Crippen molar-refractivity contribution in [1.29, 1.82) is 0 Å². The van der Waals surface area contributed by atoms with E-state index in [0.717, 1.165) is 12.8 Å². The zero-order chi connectivity index (χ0) is 9.03. The molecule has 12 heavy (non-hydrogen) atoms. The van der Waals surface area contributed by atoms with Gasteiger partial charge in [-0.2, -0.15) is 0 Å². The summed E-state index contributed by atoms with van der Waals surface area (Å²) in [7, 11) is -1.31. The lowest BCUT2D eigenvalue weighted by molar-refractivity contribution is 0.129. The molecule has 0 aromatic rings. The molecule has 1 aliphatic carbocycles. The maximum absolute atomic E-state index is 11.4. The average Bonchev–Trinajstić information content (AvgIpc) is 2.06. The first-order chi connectivity index (χ1) is 5.64. The first-order valence-corrected chi connectivity index (χ1v) is 6.45. The van der Waals surface area contributed by atoms with E-state index in [0.29, 0.717) is 0 Å². The third-order valence-corrected chi connectivity index (χ3v) is 3.57. The monoisotopic (exact) mass is 192 g/mol. The first-order valence-electron chi connectivity index (χ1n) is 4.46. The van der Waals surface area contributed by atoms with Gasteiger partial charge in [-0.25, -0.2) is 0 Å². The zero-order valence-corrected chi connectivity index (χ0v) is 8.68. The van der Waals surface area contributed by atoms with Crippen LogP contribution in [0.2, 0.25) is 0 Å². The molecule has 0 amide bonds. The van der Waals surface area contributed by atoms with Crippen molar-refractivity contribution < 1.29 is 13.6 Å². The van der Waals surface area contributed by atoms with Crippen molar-refractivity contribution in [2.24, 2.45) is 0 Å². The third-order valence-electron chi connectivity index (χ3n) is 2.22. The van der Waals surface area contributed by atoms with Crippen molar-refractivity contribution >= 4 is 7.60 Å². The van der Waals surface area contributed by atoms with Crippen molar-refractivity contribution in [2.75, 3.05) is 13.8 Å². The van der Waals surface area contributed by atoms with Gasteiger partial charge in [-0.1, -0.05) is 19.3 Å². The van der Waals surface area contributed by atoms with Gasteiger partial charge < -0.3 is 9.05 Å². The molecule has 1 aliphatic rings. The van der Waals surface area contributed by atoms with E-state index in [1.54, 1.807) is 0 Å². The van der Waals surface area contributed by atoms with Crippen molar-refractivity contribution in [3.8, 4) is 0 Å². The fraction of sp³-hybridized carbons (Fsp3) is 1.00. The second-order valence-electron chi connectivity index (χ2n) is 3.32. The van der Waals surface area contributed by atoms with Gasteiger partial charge in [-0.15, -0.1) is 0 Å². The highest BCUT2D eigenvalue weighted by Gasteiger charge is 2.23. The molecule has 0 bridgehead atoms. The van der Waals surface area contributed by atoms with Crippen LogP contribution in [-0.2, 0) is 13.6 Å². The van der Waals surface area contributed by atoms with Gasteiger partial charge in [0.25, 0.3) is 0 Å². The minimum absolute atomic E-state index is 0.162. The molecule has 0 radical (unpaired) electrons. The highest BCUT2D eigenvalue weighted by atomic mass is 31.2. The lowest BCUT2D eigenvalue weighted by Gasteiger charge is -2.24. The van der Waals surface area contributed by atoms with Gasteiger partial charge in [-0.3, -0.25) is 4.57 Å². The summed E-state index contributed by atoms with van der Waals surface area (Å²) in [4.78, 5) is 0. The Bertz CT molecular complexity index is 175. The maximum Gasteiger partial charge on any atom is 0.327 e. The van der Waals surface area contributed by atoms with Crippen LogP contribution in [0.3, 0.4) is 0 Å². The number of hydrogen-bond donors (Lipinski definition) is 0. The maximum atomic E-state index is 11.4. The highest BCUT2D eigenvalue weighted by molar-refractivity contribution is 7.52. The Balaban J connectivity index is 2.34.